The maximum atomic E-state index is 13.4. The van der Waals surface area contributed by atoms with Crippen LogP contribution in [0.4, 0.5) is 0 Å². The maximum absolute atomic E-state index is 13.4. The largest absolute Gasteiger partial charge is 0.458 e. The lowest BCUT2D eigenvalue weighted by atomic mass is 9.46. The van der Waals surface area contributed by atoms with Gasteiger partial charge in [0.1, 0.15) is 11.6 Å². The molecule has 0 aromatic carbocycles. The number of aliphatic hydroxyl groups is 1. The van der Waals surface area contributed by atoms with Gasteiger partial charge >= 0.3 is 5.97 Å². The van der Waals surface area contributed by atoms with E-state index in [2.05, 4.69) is 17.6 Å². The first-order valence-corrected chi connectivity index (χ1v) is 15.2. The van der Waals surface area contributed by atoms with Crippen molar-refractivity contribution in [2.24, 2.45) is 28.6 Å². The van der Waals surface area contributed by atoms with Gasteiger partial charge < -0.3 is 20.5 Å². The number of rotatable bonds is 7. The van der Waals surface area contributed by atoms with Crippen molar-refractivity contribution in [1.82, 2.24) is 10.6 Å². The van der Waals surface area contributed by atoms with E-state index in [-0.39, 0.29) is 35.9 Å². The van der Waals surface area contributed by atoms with Gasteiger partial charge in [0.05, 0.1) is 6.42 Å². The van der Waals surface area contributed by atoms with E-state index in [0.717, 1.165) is 51.4 Å². The zero-order chi connectivity index (χ0) is 28.7. The summed E-state index contributed by atoms with van der Waals surface area (Å²) in [6.07, 6.45) is 9.91. The van der Waals surface area contributed by atoms with Crippen LogP contribution in [-0.2, 0) is 28.7 Å². The SMILES string of the molecule is C[C@]12CCC(=O)C=C1CC[C@@H]1[C@@H]2CC[C@@]2(C)[C@H]1CC[C@]2(O)C(=O)COC(=O)CCC(=O)N[C@H]1CCCCNC1=O. The van der Waals surface area contributed by atoms with E-state index < -0.39 is 41.3 Å². The molecule has 4 aliphatic carbocycles. The van der Waals surface area contributed by atoms with E-state index in [1.165, 1.54) is 5.57 Å². The molecular formula is C31H44N2O7. The quantitative estimate of drug-likeness (QED) is 0.410. The van der Waals surface area contributed by atoms with E-state index in [0.29, 0.717) is 37.6 Å². The molecule has 5 aliphatic rings. The summed E-state index contributed by atoms with van der Waals surface area (Å²) in [6, 6.07) is -0.594. The number of ketones is 2. The van der Waals surface area contributed by atoms with Gasteiger partial charge in [0, 0.05) is 24.8 Å². The Kier molecular flexibility index (Phi) is 7.98. The zero-order valence-electron chi connectivity index (χ0n) is 23.9. The van der Waals surface area contributed by atoms with Gasteiger partial charge in [-0.3, -0.25) is 24.0 Å². The first-order chi connectivity index (χ1) is 19.0. The first kappa shape index (κ1) is 29.0. The summed E-state index contributed by atoms with van der Waals surface area (Å²) in [7, 11) is 0. The predicted molar refractivity (Wildman–Crippen MR) is 146 cm³/mol. The molecule has 220 valence electrons. The molecule has 0 spiro atoms. The van der Waals surface area contributed by atoms with Crippen molar-refractivity contribution in [3.63, 3.8) is 0 Å². The van der Waals surface area contributed by atoms with Gasteiger partial charge in [-0.25, -0.2) is 0 Å². The molecule has 3 saturated carbocycles. The second-order valence-corrected chi connectivity index (χ2v) is 13.3. The molecule has 1 aliphatic heterocycles. The van der Waals surface area contributed by atoms with Crippen LogP contribution in [0.3, 0.4) is 0 Å². The summed E-state index contributed by atoms with van der Waals surface area (Å²) >= 11 is 0. The van der Waals surface area contributed by atoms with E-state index in [1.54, 1.807) is 0 Å². The highest BCUT2D eigenvalue weighted by atomic mass is 16.5. The Morgan fingerprint density at radius 2 is 1.77 bits per heavy atom. The molecule has 1 heterocycles. The lowest BCUT2D eigenvalue weighted by Gasteiger charge is -2.58. The topological polar surface area (TPSA) is 139 Å². The number of hydrogen-bond donors (Lipinski definition) is 3. The Morgan fingerprint density at radius 3 is 2.58 bits per heavy atom. The van der Waals surface area contributed by atoms with Crippen LogP contribution in [0.15, 0.2) is 11.6 Å². The molecule has 0 aromatic heterocycles. The molecular weight excluding hydrogens is 512 g/mol. The lowest BCUT2D eigenvalue weighted by molar-refractivity contribution is -0.170. The van der Waals surface area contributed by atoms with Crippen LogP contribution in [0.5, 0.6) is 0 Å². The van der Waals surface area contributed by atoms with Crippen LogP contribution in [0.25, 0.3) is 0 Å². The number of esters is 1. The molecule has 2 amide bonds. The highest BCUT2D eigenvalue weighted by Crippen LogP contribution is 2.67. The number of hydrogen-bond acceptors (Lipinski definition) is 7. The second-order valence-electron chi connectivity index (χ2n) is 13.3. The summed E-state index contributed by atoms with van der Waals surface area (Å²) < 4.78 is 5.24. The van der Waals surface area contributed by atoms with E-state index >= 15 is 0 Å². The maximum Gasteiger partial charge on any atom is 0.306 e. The molecule has 5 rings (SSSR count). The van der Waals surface area contributed by atoms with Gasteiger partial charge in [0.25, 0.3) is 0 Å². The van der Waals surface area contributed by atoms with Crippen molar-refractivity contribution in [3.8, 4) is 0 Å². The standard InChI is InChI=1S/C31H44N2O7/c1-29-13-10-20(34)17-19(29)6-7-21-22(29)11-14-30(2)23(21)12-15-31(30,39)25(35)18-40-27(37)9-8-26(36)33-24-5-3-4-16-32-28(24)38/h17,21-24,39H,3-16,18H2,1-2H3,(H,32,38)(H,33,36)/t21-,22+,23+,24+,29+,30+,31+/m1/s1. The van der Waals surface area contributed by atoms with Gasteiger partial charge in [-0.1, -0.05) is 19.4 Å². The molecule has 7 atom stereocenters. The number of allylic oxidation sites excluding steroid dienone is 1. The fourth-order valence-electron chi connectivity index (χ4n) is 8.93. The van der Waals surface area contributed by atoms with Crippen molar-refractivity contribution in [2.75, 3.05) is 13.2 Å². The summed E-state index contributed by atoms with van der Waals surface area (Å²) in [5.41, 5.74) is -0.827. The van der Waals surface area contributed by atoms with Crippen molar-refractivity contribution in [1.29, 1.82) is 0 Å². The Morgan fingerprint density at radius 1 is 1.00 bits per heavy atom. The molecule has 40 heavy (non-hydrogen) atoms. The average Bonchev–Trinajstić information content (AvgIpc) is 3.05. The third-order valence-electron chi connectivity index (χ3n) is 11.4. The molecule has 9 heteroatoms. The Balaban J connectivity index is 1.15. The van der Waals surface area contributed by atoms with E-state index in [9.17, 15) is 29.1 Å². The van der Waals surface area contributed by atoms with Gasteiger partial charge in [0.15, 0.2) is 12.4 Å². The lowest BCUT2D eigenvalue weighted by Crippen LogP contribution is -2.58. The minimum Gasteiger partial charge on any atom is -0.458 e. The van der Waals surface area contributed by atoms with Crippen LogP contribution in [0, 0.1) is 28.6 Å². The molecule has 0 radical (unpaired) electrons. The van der Waals surface area contributed by atoms with Gasteiger partial charge in [-0.2, -0.15) is 0 Å². The number of carbonyl (C=O) groups excluding carboxylic acids is 5. The minimum absolute atomic E-state index is 0.0186. The third kappa shape index (κ3) is 5.03. The van der Waals surface area contributed by atoms with Crippen LogP contribution < -0.4 is 10.6 Å². The molecule has 1 saturated heterocycles. The summed E-state index contributed by atoms with van der Waals surface area (Å²) in [6.45, 7) is 4.43. The van der Waals surface area contributed by atoms with Crippen molar-refractivity contribution >= 4 is 29.4 Å². The Hall–Kier alpha value is -2.55. The van der Waals surface area contributed by atoms with Crippen molar-refractivity contribution in [2.45, 2.75) is 109 Å². The minimum atomic E-state index is -1.55. The fraction of sp³-hybridized carbons (Fsp3) is 0.774. The van der Waals surface area contributed by atoms with Gasteiger partial charge in [-0.15, -0.1) is 0 Å². The van der Waals surface area contributed by atoms with Gasteiger partial charge in [-0.05, 0) is 93.5 Å². The van der Waals surface area contributed by atoms with Gasteiger partial charge in [0.2, 0.25) is 17.6 Å². The summed E-state index contributed by atoms with van der Waals surface area (Å²) in [5, 5.41) is 17.2. The molecule has 4 fully saturated rings. The molecule has 0 bridgehead atoms. The Labute approximate surface area is 236 Å². The molecule has 9 nitrogen and oxygen atoms in total. The fourth-order valence-corrected chi connectivity index (χ4v) is 8.93. The summed E-state index contributed by atoms with van der Waals surface area (Å²) in [4.78, 5) is 62.2. The monoisotopic (exact) mass is 556 g/mol. The van der Waals surface area contributed by atoms with Crippen LogP contribution >= 0.6 is 0 Å². The number of ether oxygens (including phenoxy) is 1. The number of carbonyl (C=O) groups is 5. The van der Waals surface area contributed by atoms with Crippen LogP contribution in [-0.4, -0.2) is 59.3 Å². The number of amides is 2. The smallest absolute Gasteiger partial charge is 0.306 e. The average molecular weight is 557 g/mol. The predicted octanol–water partition coefficient (Wildman–Crippen LogP) is 2.93. The third-order valence-corrected chi connectivity index (χ3v) is 11.4. The number of Topliss-reactive ketones (excluding diaryl/α,β-unsaturated/α-hetero) is 1. The normalized spacial score (nSPS) is 39.0. The van der Waals surface area contributed by atoms with Crippen molar-refractivity contribution < 1.29 is 33.8 Å². The first-order valence-electron chi connectivity index (χ1n) is 15.2. The van der Waals surface area contributed by atoms with Crippen LogP contribution in [0.2, 0.25) is 0 Å². The number of nitrogens with one attached hydrogen (secondary N) is 2. The molecule has 0 unspecified atom stereocenters. The highest BCUT2D eigenvalue weighted by Gasteiger charge is 2.66. The molecule has 3 N–H and O–H groups in total. The van der Waals surface area contributed by atoms with Crippen molar-refractivity contribution in [3.05, 3.63) is 11.6 Å². The van der Waals surface area contributed by atoms with Crippen LogP contribution in [0.1, 0.15) is 97.3 Å². The number of fused-ring (bicyclic) bond motifs is 5. The zero-order valence-corrected chi connectivity index (χ0v) is 23.9. The summed E-state index contributed by atoms with van der Waals surface area (Å²) in [5.74, 6) is -0.476. The Bertz CT molecular complexity index is 1120. The highest BCUT2D eigenvalue weighted by molar-refractivity contribution is 5.92. The van der Waals surface area contributed by atoms with E-state index in [1.807, 2.05) is 13.0 Å². The molecule has 0 aromatic rings. The van der Waals surface area contributed by atoms with E-state index in [4.69, 9.17) is 4.74 Å². The second kappa shape index (κ2) is 11.0.